The number of benzene rings is 1. The summed E-state index contributed by atoms with van der Waals surface area (Å²) in [5, 5.41) is 8.25. The molecule has 1 saturated heterocycles. The highest BCUT2D eigenvalue weighted by Crippen LogP contribution is 2.22. The summed E-state index contributed by atoms with van der Waals surface area (Å²) >= 11 is 0. The zero-order chi connectivity index (χ0) is 17.1. The van der Waals surface area contributed by atoms with Gasteiger partial charge in [-0.05, 0) is 56.9 Å². The van der Waals surface area contributed by atoms with Gasteiger partial charge in [0.1, 0.15) is 18.0 Å². The van der Waals surface area contributed by atoms with Gasteiger partial charge in [-0.3, -0.25) is 4.79 Å². The maximum atomic E-state index is 13.0. The van der Waals surface area contributed by atoms with E-state index in [0.717, 1.165) is 31.6 Å². The molecule has 5 nitrogen and oxygen atoms in total. The Morgan fingerprint density at radius 3 is 2.79 bits per heavy atom. The Hall–Kier alpha value is -2.24. The lowest BCUT2D eigenvalue weighted by Crippen LogP contribution is -2.40. The molecule has 1 unspecified atom stereocenters. The first kappa shape index (κ1) is 16.6. The van der Waals surface area contributed by atoms with Crippen molar-refractivity contribution < 1.29 is 9.18 Å². The fraction of sp³-hybridized carbons (Fsp3) is 0.500. The van der Waals surface area contributed by atoms with Crippen LogP contribution < -0.4 is 0 Å². The number of carbonyl (C=O) groups excluding carboxylic acids is 1. The molecular weight excluding hydrogens is 307 g/mol. The first-order valence-corrected chi connectivity index (χ1v) is 8.48. The third-order valence-electron chi connectivity index (χ3n) is 4.57. The molecule has 1 amide bonds. The van der Waals surface area contributed by atoms with Crippen LogP contribution in [0.15, 0.2) is 30.6 Å². The van der Waals surface area contributed by atoms with Gasteiger partial charge >= 0.3 is 0 Å². The van der Waals surface area contributed by atoms with E-state index in [9.17, 15) is 9.18 Å². The van der Waals surface area contributed by atoms with Crippen molar-refractivity contribution in [1.29, 1.82) is 0 Å². The molecule has 0 radical (unpaired) electrons. The average Bonchev–Trinajstić information content (AvgIpc) is 3.03. The zero-order valence-corrected chi connectivity index (χ0v) is 14.2. The zero-order valence-electron chi connectivity index (χ0n) is 14.2. The molecule has 128 valence electrons. The van der Waals surface area contributed by atoms with Crippen molar-refractivity contribution in [3.8, 4) is 0 Å². The lowest BCUT2D eigenvalue weighted by atomic mass is 9.94. The van der Waals surface area contributed by atoms with Crippen LogP contribution in [-0.4, -0.2) is 38.7 Å². The van der Waals surface area contributed by atoms with Crippen molar-refractivity contribution in [1.82, 2.24) is 19.7 Å². The molecule has 2 heterocycles. The predicted molar refractivity (Wildman–Crippen MR) is 89.1 cm³/mol. The highest BCUT2D eigenvalue weighted by Gasteiger charge is 2.26. The smallest absolute Gasteiger partial charge is 0.253 e. The van der Waals surface area contributed by atoms with E-state index in [4.69, 9.17) is 0 Å². The van der Waals surface area contributed by atoms with Crippen molar-refractivity contribution in [3.63, 3.8) is 0 Å². The Kier molecular flexibility index (Phi) is 4.92. The van der Waals surface area contributed by atoms with E-state index in [1.807, 2.05) is 4.90 Å². The number of piperidine rings is 1. The van der Waals surface area contributed by atoms with E-state index in [0.29, 0.717) is 24.1 Å². The van der Waals surface area contributed by atoms with Crippen molar-refractivity contribution in [2.75, 3.05) is 13.1 Å². The summed E-state index contributed by atoms with van der Waals surface area (Å²) in [5.41, 5.74) is 0.544. The molecule has 1 aromatic heterocycles. The van der Waals surface area contributed by atoms with E-state index in [-0.39, 0.29) is 11.7 Å². The summed E-state index contributed by atoms with van der Waals surface area (Å²) in [5.74, 6) is 1.01. The Balaban J connectivity index is 1.67. The van der Waals surface area contributed by atoms with Crippen LogP contribution in [0.4, 0.5) is 4.39 Å². The summed E-state index contributed by atoms with van der Waals surface area (Å²) in [6.07, 6.45) is 4.65. The second-order valence-corrected chi connectivity index (χ2v) is 6.72. The quantitative estimate of drug-likeness (QED) is 0.865. The summed E-state index contributed by atoms with van der Waals surface area (Å²) < 4.78 is 15.1. The fourth-order valence-electron chi connectivity index (χ4n) is 3.29. The van der Waals surface area contributed by atoms with E-state index >= 15 is 0 Å². The third-order valence-corrected chi connectivity index (χ3v) is 4.57. The van der Waals surface area contributed by atoms with Crippen LogP contribution in [0.25, 0.3) is 0 Å². The summed E-state index contributed by atoms with van der Waals surface area (Å²) in [6, 6.07) is 6.10. The average molecular weight is 330 g/mol. The van der Waals surface area contributed by atoms with Crippen LogP contribution in [0.2, 0.25) is 0 Å². The van der Waals surface area contributed by atoms with Gasteiger partial charge in [0, 0.05) is 31.1 Å². The molecule has 0 aliphatic carbocycles. The molecule has 24 heavy (non-hydrogen) atoms. The number of hydrogen-bond donors (Lipinski definition) is 0. The summed E-state index contributed by atoms with van der Waals surface area (Å²) in [4.78, 5) is 14.5. The first-order valence-electron chi connectivity index (χ1n) is 8.48. The molecule has 0 spiro atoms. The van der Waals surface area contributed by atoms with Gasteiger partial charge < -0.3 is 9.47 Å². The monoisotopic (exact) mass is 330 g/mol. The van der Waals surface area contributed by atoms with Gasteiger partial charge in [-0.2, -0.15) is 0 Å². The minimum absolute atomic E-state index is 0.0231. The minimum Gasteiger partial charge on any atom is -0.338 e. The number of amides is 1. The van der Waals surface area contributed by atoms with Crippen LogP contribution in [-0.2, 0) is 6.42 Å². The van der Waals surface area contributed by atoms with Crippen LogP contribution in [0, 0.1) is 11.7 Å². The maximum absolute atomic E-state index is 13.0. The van der Waals surface area contributed by atoms with Crippen LogP contribution in [0.1, 0.15) is 48.9 Å². The van der Waals surface area contributed by atoms with Gasteiger partial charge in [-0.15, -0.1) is 10.2 Å². The molecule has 1 fully saturated rings. The lowest BCUT2D eigenvalue weighted by molar-refractivity contribution is 0.0671. The molecule has 3 rings (SSSR count). The topological polar surface area (TPSA) is 51.0 Å². The molecule has 1 aliphatic heterocycles. The normalized spacial score (nSPS) is 18.2. The number of carbonyl (C=O) groups is 1. The van der Waals surface area contributed by atoms with Crippen LogP contribution in [0.3, 0.4) is 0 Å². The van der Waals surface area contributed by atoms with E-state index < -0.39 is 0 Å². The van der Waals surface area contributed by atoms with Crippen molar-refractivity contribution in [2.45, 2.75) is 39.2 Å². The Bertz CT molecular complexity index is 695. The third kappa shape index (κ3) is 3.63. The second kappa shape index (κ2) is 7.11. The van der Waals surface area contributed by atoms with Gasteiger partial charge in [-0.1, -0.05) is 0 Å². The molecule has 1 atom stereocenters. The van der Waals surface area contributed by atoms with Crippen molar-refractivity contribution in [2.24, 2.45) is 5.92 Å². The number of nitrogens with zero attached hydrogens (tertiary/aromatic N) is 4. The van der Waals surface area contributed by atoms with Gasteiger partial charge in [0.05, 0.1) is 0 Å². The van der Waals surface area contributed by atoms with E-state index in [2.05, 4.69) is 28.6 Å². The number of halogens is 1. The van der Waals surface area contributed by atoms with Crippen LogP contribution >= 0.6 is 0 Å². The molecule has 1 aromatic carbocycles. The lowest BCUT2D eigenvalue weighted by Gasteiger charge is -2.33. The Labute approximate surface area is 141 Å². The van der Waals surface area contributed by atoms with Gasteiger partial charge in [0.15, 0.2) is 0 Å². The predicted octanol–water partition coefficient (Wildman–Crippen LogP) is 3.09. The van der Waals surface area contributed by atoms with Gasteiger partial charge in [-0.25, -0.2) is 4.39 Å². The van der Waals surface area contributed by atoms with Gasteiger partial charge in [0.2, 0.25) is 0 Å². The largest absolute Gasteiger partial charge is 0.338 e. The number of likely N-dealkylation sites (tertiary alicyclic amines) is 1. The highest BCUT2D eigenvalue weighted by molar-refractivity contribution is 5.94. The Morgan fingerprint density at radius 1 is 1.33 bits per heavy atom. The van der Waals surface area contributed by atoms with Gasteiger partial charge in [0.25, 0.3) is 5.91 Å². The molecule has 0 saturated carbocycles. The minimum atomic E-state index is -0.323. The standard InChI is InChI=1S/C18H23FN4O/c1-13(2)23-12-20-21-17(23)10-14-4-3-9-22(11-14)18(24)15-5-7-16(19)8-6-15/h5-8,12-14H,3-4,9-11H2,1-2H3. The fourth-order valence-corrected chi connectivity index (χ4v) is 3.29. The van der Waals surface area contributed by atoms with E-state index in [1.54, 1.807) is 18.5 Å². The SMILES string of the molecule is CC(C)n1cnnc1CC1CCCN(C(=O)c2ccc(F)cc2)C1. The van der Waals surface area contributed by atoms with E-state index in [1.165, 1.54) is 12.1 Å². The molecule has 0 N–H and O–H groups in total. The number of rotatable bonds is 4. The maximum Gasteiger partial charge on any atom is 0.253 e. The number of aromatic nitrogens is 3. The second-order valence-electron chi connectivity index (χ2n) is 6.72. The molecular formula is C18H23FN4O. The molecule has 0 bridgehead atoms. The van der Waals surface area contributed by atoms with Crippen molar-refractivity contribution in [3.05, 3.63) is 47.8 Å². The first-order chi connectivity index (χ1) is 11.5. The molecule has 1 aliphatic rings. The molecule has 2 aromatic rings. The summed E-state index contributed by atoms with van der Waals surface area (Å²) in [6.45, 7) is 5.68. The van der Waals surface area contributed by atoms with Crippen molar-refractivity contribution >= 4 is 5.91 Å². The van der Waals surface area contributed by atoms with Crippen LogP contribution in [0.5, 0.6) is 0 Å². The number of hydrogen-bond acceptors (Lipinski definition) is 3. The molecule has 6 heteroatoms. The Morgan fingerprint density at radius 2 is 2.08 bits per heavy atom. The highest BCUT2D eigenvalue weighted by atomic mass is 19.1. The summed E-state index contributed by atoms with van der Waals surface area (Å²) in [7, 11) is 0.